The summed E-state index contributed by atoms with van der Waals surface area (Å²) in [7, 11) is 0. The summed E-state index contributed by atoms with van der Waals surface area (Å²) in [5.41, 5.74) is 0.301. The van der Waals surface area contributed by atoms with Gasteiger partial charge in [-0.3, -0.25) is 0 Å². The average molecular weight is 254 g/mol. The number of urea groups is 1. The number of amides is 2. The van der Waals surface area contributed by atoms with Crippen LogP contribution in [0.3, 0.4) is 0 Å². The van der Waals surface area contributed by atoms with Gasteiger partial charge in [0.1, 0.15) is 0 Å². The summed E-state index contributed by atoms with van der Waals surface area (Å²) in [4.78, 5) is 13.7. The summed E-state index contributed by atoms with van der Waals surface area (Å²) >= 11 is 0. The Morgan fingerprint density at radius 2 is 2.00 bits per heavy atom. The van der Waals surface area contributed by atoms with Gasteiger partial charge in [0.25, 0.3) is 0 Å². The highest BCUT2D eigenvalue weighted by atomic mass is 16.5. The zero-order chi connectivity index (χ0) is 12.8. The fraction of sp³-hybridized carbons (Fsp3) is 0.929. The van der Waals surface area contributed by atoms with Crippen molar-refractivity contribution >= 4 is 6.03 Å². The number of likely N-dealkylation sites (tertiary alicyclic amines) is 1. The third-order valence-electron chi connectivity index (χ3n) is 4.40. The molecular weight excluding hydrogens is 228 g/mol. The van der Waals surface area contributed by atoms with Crippen LogP contribution in [0.25, 0.3) is 0 Å². The first kappa shape index (κ1) is 13.7. The first-order valence-electron chi connectivity index (χ1n) is 7.36. The van der Waals surface area contributed by atoms with Gasteiger partial charge in [-0.05, 0) is 38.0 Å². The molecule has 1 N–H and O–H groups in total. The van der Waals surface area contributed by atoms with E-state index in [4.69, 9.17) is 4.74 Å². The lowest BCUT2D eigenvalue weighted by atomic mass is 9.83. The molecule has 2 amide bonds. The van der Waals surface area contributed by atoms with E-state index in [-0.39, 0.29) is 6.03 Å². The van der Waals surface area contributed by atoms with Crippen LogP contribution >= 0.6 is 0 Å². The number of hydrogen-bond acceptors (Lipinski definition) is 2. The number of hydrogen-bond donors (Lipinski definition) is 1. The molecule has 1 saturated heterocycles. The van der Waals surface area contributed by atoms with E-state index in [9.17, 15) is 4.79 Å². The van der Waals surface area contributed by atoms with Crippen molar-refractivity contribution in [1.29, 1.82) is 0 Å². The predicted octanol–water partition coefficient (Wildman–Crippen LogP) is 2.39. The first-order chi connectivity index (χ1) is 8.76. The highest BCUT2D eigenvalue weighted by molar-refractivity contribution is 5.74. The maximum Gasteiger partial charge on any atom is 0.317 e. The second kappa shape index (κ2) is 6.41. The standard InChI is InChI=1S/C14H26N2O2/c1-2-18-11-8-14(6-3-4-7-14)12-15-13(17)16-9-5-10-16/h2-12H2,1H3,(H,15,17). The van der Waals surface area contributed by atoms with Gasteiger partial charge in [-0.1, -0.05) is 12.8 Å². The van der Waals surface area contributed by atoms with E-state index in [2.05, 4.69) is 5.32 Å². The molecule has 0 aromatic carbocycles. The summed E-state index contributed by atoms with van der Waals surface area (Å²) in [6, 6.07) is 0.129. The summed E-state index contributed by atoms with van der Waals surface area (Å²) in [5.74, 6) is 0. The molecule has 2 rings (SSSR count). The lowest BCUT2D eigenvalue weighted by Gasteiger charge is -2.34. The van der Waals surface area contributed by atoms with Crippen molar-refractivity contribution in [2.24, 2.45) is 5.41 Å². The quantitative estimate of drug-likeness (QED) is 0.739. The van der Waals surface area contributed by atoms with Gasteiger partial charge in [0.15, 0.2) is 0 Å². The third-order valence-corrected chi connectivity index (χ3v) is 4.40. The van der Waals surface area contributed by atoms with Crippen molar-refractivity contribution in [2.45, 2.75) is 45.4 Å². The zero-order valence-electron chi connectivity index (χ0n) is 11.5. The molecular formula is C14H26N2O2. The van der Waals surface area contributed by atoms with E-state index in [0.29, 0.717) is 5.41 Å². The minimum Gasteiger partial charge on any atom is -0.382 e. The minimum atomic E-state index is 0.129. The van der Waals surface area contributed by atoms with Crippen LogP contribution in [0.2, 0.25) is 0 Å². The van der Waals surface area contributed by atoms with Crippen LogP contribution in [0.15, 0.2) is 0 Å². The Kier molecular flexibility index (Phi) is 4.87. The van der Waals surface area contributed by atoms with Crippen LogP contribution in [0, 0.1) is 5.41 Å². The molecule has 0 spiro atoms. The molecule has 0 aromatic heterocycles. The molecule has 1 aliphatic heterocycles. The number of nitrogens with zero attached hydrogens (tertiary/aromatic N) is 1. The van der Waals surface area contributed by atoms with Crippen LogP contribution in [-0.2, 0) is 4.74 Å². The topological polar surface area (TPSA) is 41.6 Å². The molecule has 0 atom stereocenters. The summed E-state index contributed by atoms with van der Waals surface area (Å²) in [6.07, 6.45) is 7.31. The van der Waals surface area contributed by atoms with E-state index < -0.39 is 0 Å². The highest BCUT2D eigenvalue weighted by Gasteiger charge is 2.34. The number of nitrogens with one attached hydrogen (secondary N) is 1. The van der Waals surface area contributed by atoms with Crippen molar-refractivity contribution in [3.05, 3.63) is 0 Å². The zero-order valence-corrected chi connectivity index (χ0v) is 11.5. The van der Waals surface area contributed by atoms with E-state index in [1.54, 1.807) is 0 Å². The van der Waals surface area contributed by atoms with Gasteiger partial charge in [-0.25, -0.2) is 4.79 Å². The largest absolute Gasteiger partial charge is 0.382 e. The van der Waals surface area contributed by atoms with Crippen molar-refractivity contribution in [1.82, 2.24) is 10.2 Å². The molecule has 2 fully saturated rings. The molecule has 0 unspecified atom stereocenters. The van der Waals surface area contributed by atoms with Crippen molar-refractivity contribution in [3.63, 3.8) is 0 Å². The van der Waals surface area contributed by atoms with Crippen LogP contribution in [-0.4, -0.2) is 43.8 Å². The van der Waals surface area contributed by atoms with Crippen molar-refractivity contribution in [2.75, 3.05) is 32.8 Å². The second-order valence-electron chi connectivity index (χ2n) is 5.65. The van der Waals surface area contributed by atoms with Crippen LogP contribution in [0.1, 0.15) is 45.4 Å². The van der Waals surface area contributed by atoms with Gasteiger partial charge < -0.3 is 15.0 Å². The van der Waals surface area contributed by atoms with Crippen molar-refractivity contribution < 1.29 is 9.53 Å². The Morgan fingerprint density at radius 1 is 1.28 bits per heavy atom. The Bertz CT molecular complexity index is 271. The number of carbonyl (C=O) groups is 1. The van der Waals surface area contributed by atoms with Crippen LogP contribution < -0.4 is 5.32 Å². The summed E-state index contributed by atoms with van der Waals surface area (Å²) in [6.45, 7) is 6.34. The Hall–Kier alpha value is -0.770. The summed E-state index contributed by atoms with van der Waals surface area (Å²) in [5, 5.41) is 3.13. The number of ether oxygens (including phenoxy) is 1. The first-order valence-corrected chi connectivity index (χ1v) is 7.36. The van der Waals surface area contributed by atoms with Crippen LogP contribution in [0.4, 0.5) is 4.79 Å². The van der Waals surface area contributed by atoms with E-state index in [1.165, 1.54) is 25.7 Å². The van der Waals surface area contributed by atoms with E-state index >= 15 is 0 Å². The smallest absolute Gasteiger partial charge is 0.317 e. The Balaban J connectivity index is 1.76. The van der Waals surface area contributed by atoms with Crippen molar-refractivity contribution in [3.8, 4) is 0 Å². The lowest BCUT2D eigenvalue weighted by Crippen LogP contribution is -2.50. The van der Waals surface area contributed by atoms with Crippen LogP contribution in [0.5, 0.6) is 0 Å². The van der Waals surface area contributed by atoms with E-state index in [0.717, 1.165) is 45.7 Å². The molecule has 1 heterocycles. The molecule has 0 radical (unpaired) electrons. The normalized spacial score (nSPS) is 21.7. The minimum absolute atomic E-state index is 0.129. The fourth-order valence-corrected chi connectivity index (χ4v) is 2.97. The van der Waals surface area contributed by atoms with E-state index in [1.807, 2.05) is 11.8 Å². The fourth-order valence-electron chi connectivity index (χ4n) is 2.97. The van der Waals surface area contributed by atoms with Gasteiger partial charge >= 0.3 is 6.03 Å². The molecule has 2 aliphatic rings. The molecule has 0 aromatic rings. The molecule has 18 heavy (non-hydrogen) atoms. The molecule has 104 valence electrons. The molecule has 1 saturated carbocycles. The third kappa shape index (κ3) is 3.37. The monoisotopic (exact) mass is 254 g/mol. The number of rotatable bonds is 6. The molecule has 1 aliphatic carbocycles. The summed E-state index contributed by atoms with van der Waals surface area (Å²) < 4.78 is 5.48. The molecule has 4 heteroatoms. The number of carbonyl (C=O) groups excluding carboxylic acids is 1. The SMILES string of the molecule is CCOCCC1(CNC(=O)N2CCC2)CCCC1. The van der Waals surface area contributed by atoms with Gasteiger partial charge in [0.05, 0.1) is 0 Å². The van der Waals surface area contributed by atoms with Gasteiger partial charge in [-0.15, -0.1) is 0 Å². The Labute approximate surface area is 110 Å². The van der Waals surface area contributed by atoms with Gasteiger partial charge in [0, 0.05) is 32.8 Å². The molecule has 4 nitrogen and oxygen atoms in total. The highest BCUT2D eigenvalue weighted by Crippen LogP contribution is 2.40. The maximum atomic E-state index is 11.8. The van der Waals surface area contributed by atoms with Gasteiger partial charge in [0.2, 0.25) is 0 Å². The maximum absolute atomic E-state index is 11.8. The van der Waals surface area contributed by atoms with Gasteiger partial charge in [-0.2, -0.15) is 0 Å². The predicted molar refractivity (Wildman–Crippen MR) is 71.6 cm³/mol. The average Bonchev–Trinajstić information content (AvgIpc) is 2.74. The Morgan fingerprint density at radius 3 is 2.56 bits per heavy atom. The second-order valence-corrected chi connectivity index (χ2v) is 5.65. The lowest BCUT2D eigenvalue weighted by molar-refractivity contribution is 0.101. The molecule has 0 bridgehead atoms.